The van der Waals surface area contributed by atoms with E-state index in [4.69, 9.17) is 0 Å². The van der Waals surface area contributed by atoms with E-state index in [2.05, 4.69) is 10.0 Å². The Bertz CT molecular complexity index is 741. The molecule has 1 amide bonds. The summed E-state index contributed by atoms with van der Waals surface area (Å²) in [7, 11) is -2.04. The van der Waals surface area contributed by atoms with Crippen LogP contribution in [0.25, 0.3) is 0 Å². The summed E-state index contributed by atoms with van der Waals surface area (Å²) < 4.78 is 25.5. The standard InChI is InChI=1S/C17H20N2O3S/c1-18-23(21,22)16-10-7-14(8-11-16)9-12-17(20)19-13-15-5-3-2-4-6-15/h2-8,10-11,18H,9,12-13H2,1H3,(H,19,20). The van der Waals surface area contributed by atoms with Gasteiger partial charge in [0, 0.05) is 13.0 Å². The lowest BCUT2D eigenvalue weighted by Crippen LogP contribution is -2.23. The molecule has 2 aromatic rings. The molecule has 6 heteroatoms. The van der Waals surface area contributed by atoms with Gasteiger partial charge in [-0.15, -0.1) is 0 Å². The molecule has 0 unspecified atom stereocenters. The van der Waals surface area contributed by atoms with Crippen LogP contribution < -0.4 is 10.0 Å². The quantitative estimate of drug-likeness (QED) is 0.812. The van der Waals surface area contributed by atoms with Gasteiger partial charge in [0.25, 0.3) is 0 Å². The molecule has 0 aliphatic carbocycles. The highest BCUT2D eigenvalue weighted by Gasteiger charge is 2.10. The molecular formula is C17H20N2O3S. The molecule has 0 aliphatic heterocycles. The van der Waals surface area contributed by atoms with Gasteiger partial charge in [-0.05, 0) is 36.7 Å². The van der Waals surface area contributed by atoms with Crippen molar-refractivity contribution in [3.63, 3.8) is 0 Å². The third-order valence-electron chi connectivity index (χ3n) is 3.48. The number of amides is 1. The first-order valence-electron chi connectivity index (χ1n) is 7.34. The van der Waals surface area contributed by atoms with Crippen LogP contribution in [-0.2, 0) is 27.8 Å². The molecule has 122 valence electrons. The molecule has 0 aliphatic rings. The minimum Gasteiger partial charge on any atom is -0.352 e. The van der Waals surface area contributed by atoms with Crippen molar-refractivity contribution in [2.24, 2.45) is 0 Å². The maximum Gasteiger partial charge on any atom is 0.240 e. The summed E-state index contributed by atoms with van der Waals surface area (Å²) in [6.07, 6.45) is 0.936. The third kappa shape index (κ3) is 5.19. The Morgan fingerprint density at radius 1 is 0.957 bits per heavy atom. The van der Waals surface area contributed by atoms with E-state index >= 15 is 0 Å². The number of hydrogen-bond acceptors (Lipinski definition) is 3. The Labute approximate surface area is 136 Å². The van der Waals surface area contributed by atoms with Gasteiger partial charge in [0.1, 0.15) is 0 Å². The summed E-state index contributed by atoms with van der Waals surface area (Å²) in [6.45, 7) is 0.513. The van der Waals surface area contributed by atoms with Crippen LogP contribution in [0.1, 0.15) is 17.5 Å². The summed E-state index contributed by atoms with van der Waals surface area (Å²) >= 11 is 0. The van der Waals surface area contributed by atoms with Gasteiger partial charge in [-0.3, -0.25) is 4.79 Å². The molecule has 2 aromatic carbocycles. The second-order valence-corrected chi connectivity index (χ2v) is 7.00. The number of hydrogen-bond donors (Lipinski definition) is 2. The zero-order valence-electron chi connectivity index (χ0n) is 13.0. The number of rotatable bonds is 7. The zero-order valence-corrected chi connectivity index (χ0v) is 13.8. The summed E-state index contributed by atoms with van der Waals surface area (Å²) in [5, 5.41) is 2.87. The second kappa shape index (κ2) is 7.89. The Balaban J connectivity index is 1.82. The summed E-state index contributed by atoms with van der Waals surface area (Å²) in [4.78, 5) is 12.1. The fourth-order valence-corrected chi connectivity index (χ4v) is 2.83. The van der Waals surface area contributed by atoms with Crippen LogP contribution in [-0.4, -0.2) is 21.4 Å². The average Bonchev–Trinajstić information content (AvgIpc) is 2.59. The SMILES string of the molecule is CNS(=O)(=O)c1ccc(CCC(=O)NCc2ccccc2)cc1. The molecule has 0 fully saturated rings. The van der Waals surface area contributed by atoms with Gasteiger partial charge in [-0.25, -0.2) is 13.1 Å². The van der Waals surface area contributed by atoms with Crippen LogP contribution in [0.5, 0.6) is 0 Å². The lowest BCUT2D eigenvalue weighted by Gasteiger charge is -2.06. The zero-order chi connectivity index (χ0) is 16.7. The fourth-order valence-electron chi connectivity index (χ4n) is 2.10. The minimum atomic E-state index is -3.41. The number of sulfonamides is 1. The summed E-state index contributed by atoms with van der Waals surface area (Å²) in [6, 6.07) is 16.3. The van der Waals surface area contributed by atoms with E-state index in [0.717, 1.165) is 11.1 Å². The molecular weight excluding hydrogens is 312 g/mol. The lowest BCUT2D eigenvalue weighted by molar-refractivity contribution is -0.121. The predicted octanol–water partition coefficient (Wildman–Crippen LogP) is 1.84. The molecule has 0 saturated heterocycles. The normalized spacial score (nSPS) is 11.2. The fraction of sp³-hybridized carbons (Fsp3) is 0.235. The van der Waals surface area contributed by atoms with Gasteiger partial charge in [-0.2, -0.15) is 0 Å². The van der Waals surface area contributed by atoms with E-state index in [1.54, 1.807) is 24.3 Å². The maximum absolute atomic E-state index is 11.8. The van der Waals surface area contributed by atoms with Crippen LogP contribution >= 0.6 is 0 Å². The molecule has 2 N–H and O–H groups in total. The molecule has 0 radical (unpaired) electrons. The van der Waals surface area contributed by atoms with Crippen molar-refractivity contribution in [1.82, 2.24) is 10.0 Å². The van der Waals surface area contributed by atoms with Crippen molar-refractivity contribution >= 4 is 15.9 Å². The van der Waals surface area contributed by atoms with Crippen molar-refractivity contribution in [2.45, 2.75) is 24.3 Å². The number of benzene rings is 2. The van der Waals surface area contributed by atoms with E-state index in [0.29, 0.717) is 19.4 Å². The van der Waals surface area contributed by atoms with Gasteiger partial charge in [0.2, 0.25) is 15.9 Å². The van der Waals surface area contributed by atoms with E-state index in [1.165, 1.54) is 7.05 Å². The first-order valence-corrected chi connectivity index (χ1v) is 8.83. The number of nitrogens with one attached hydrogen (secondary N) is 2. The smallest absolute Gasteiger partial charge is 0.240 e. The van der Waals surface area contributed by atoms with Crippen molar-refractivity contribution in [1.29, 1.82) is 0 Å². The van der Waals surface area contributed by atoms with E-state index in [-0.39, 0.29) is 10.8 Å². The topological polar surface area (TPSA) is 75.3 Å². The van der Waals surface area contributed by atoms with Crippen LogP contribution in [0.3, 0.4) is 0 Å². The molecule has 2 rings (SSSR count). The first kappa shape index (κ1) is 17.2. The molecule has 0 saturated carbocycles. The average molecular weight is 332 g/mol. The molecule has 0 atom stereocenters. The molecule has 0 heterocycles. The van der Waals surface area contributed by atoms with E-state index < -0.39 is 10.0 Å². The van der Waals surface area contributed by atoms with Crippen molar-refractivity contribution in [3.05, 3.63) is 65.7 Å². The lowest BCUT2D eigenvalue weighted by atomic mass is 10.1. The molecule has 0 aromatic heterocycles. The van der Waals surface area contributed by atoms with Crippen LogP contribution in [0.15, 0.2) is 59.5 Å². The van der Waals surface area contributed by atoms with Crippen molar-refractivity contribution < 1.29 is 13.2 Å². The monoisotopic (exact) mass is 332 g/mol. The second-order valence-electron chi connectivity index (χ2n) is 5.11. The van der Waals surface area contributed by atoms with E-state index in [1.807, 2.05) is 30.3 Å². The highest BCUT2D eigenvalue weighted by molar-refractivity contribution is 7.89. The highest BCUT2D eigenvalue weighted by Crippen LogP contribution is 2.11. The third-order valence-corrected chi connectivity index (χ3v) is 4.91. The summed E-state index contributed by atoms with van der Waals surface area (Å²) in [5.74, 6) is -0.0271. The maximum atomic E-state index is 11.8. The van der Waals surface area contributed by atoms with Crippen molar-refractivity contribution in [3.8, 4) is 0 Å². The number of aryl methyl sites for hydroxylation is 1. The number of carbonyl (C=O) groups excluding carboxylic acids is 1. The predicted molar refractivity (Wildman–Crippen MR) is 89.3 cm³/mol. The van der Waals surface area contributed by atoms with Crippen molar-refractivity contribution in [2.75, 3.05) is 7.05 Å². The van der Waals surface area contributed by atoms with Gasteiger partial charge in [0.15, 0.2) is 0 Å². The minimum absolute atomic E-state index is 0.0271. The molecule has 5 nitrogen and oxygen atoms in total. The van der Waals surface area contributed by atoms with Gasteiger partial charge in [0.05, 0.1) is 4.90 Å². The Morgan fingerprint density at radius 3 is 2.22 bits per heavy atom. The van der Waals surface area contributed by atoms with Crippen LogP contribution in [0.4, 0.5) is 0 Å². The Morgan fingerprint density at radius 2 is 1.61 bits per heavy atom. The first-order chi connectivity index (χ1) is 11.0. The van der Waals surface area contributed by atoms with E-state index in [9.17, 15) is 13.2 Å². The largest absolute Gasteiger partial charge is 0.352 e. The van der Waals surface area contributed by atoms with Crippen LogP contribution in [0, 0.1) is 0 Å². The highest BCUT2D eigenvalue weighted by atomic mass is 32.2. The number of carbonyl (C=O) groups is 1. The van der Waals surface area contributed by atoms with Gasteiger partial charge in [-0.1, -0.05) is 42.5 Å². The van der Waals surface area contributed by atoms with Gasteiger partial charge >= 0.3 is 0 Å². The summed E-state index contributed by atoms with van der Waals surface area (Å²) in [5.41, 5.74) is 1.98. The molecule has 0 spiro atoms. The van der Waals surface area contributed by atoms with Crippen LogP contribution in [0.2, 0.25) is 0 Å². The molecule has 0 bridgehead atoms. The Hall–Kier alpha value is -2.18. The molecule has 23 heavy (non-hydrogen) atoms. The van der Waals surface area contributed by atoms with Gasteiger partial charge < -0.3 is 5.32 Å². The Kier molecular flexibility index (Phi) is 5.90.